The van der Waals surface area contributed by atoms with Gasteiger partial charge in [-0.25, -0.2) is 0 Å². The first-order valence-corrected chi connectivity index (χ1v) is 6.01. The fourth-order valence-electron chi connectivity index (χ4n) is 2.38. The highest BCUT2D eigenvalue weighted by atomic mass is 15.3. The number of hydrogen-bond acceptors (Lipinski definition) is 3. The van der Waals surface area contributed by atoms with Crippen LogP contribution in [0.1, 0.15) is 13.3 Å². The Kier molecular flexibility index (Phi) is 3.34. The third-order valence-electron chi connectivity index (χ3n) is 3.40. The van der Waals surface area contributed by atoms with E-state index in [0.717, 1.165) is 26.1 Å². The van der Waals surface area contributed by atoms with Gasteiger partial charge in [-0.3, -0.25) is 0 Å². The number of benzene rings is 1. The molecule has 3 nitrogen and oxygen atoms in total. The molecule has 0 spiro atoms. The minimum absolute atomic E-state index is 0.528. The van der Waals surface area contributed by atoms with Crippen molar-refractivity contribution in [2.45, 2.75) is 19.4 Å². The molecule has 0 fully saturated rings. The molecule has 2 N–H and O–H groups in total. The summed E-state index contributed by atoms with van der Waals surface area (Å²) >= 11 is 0. The summed E-state index contributed by atoms with van der Waals surface area (Å²) in [6, 6.07) is 9.14. The Morgan fingerprint density at radius 1 is 1.25 bits per heavy atom. The summed E-state index contributed by atoms with van der Waals surface area (Å²) in [6.07, 6.45) is 1.05. The lowest BCUT2D eigenvalue weighted by Crippen LogP contribution is -2.44. The highest BCUT2D eigenvalue weighted by molar-refractivity contribution is 5.73. The summed E-state index contributed by atoms with van der Waals surface area (Å²) < 4.78 is 0. The molecule has 1 aromatic carbocycles. The largest absolute Gasteiger partial charge is 0.371 e. The topological polar surface area (TPSA) is 32.5 Å². The van der Waals surface area contributed by atoms with Crippen LogP contribution in [0.3, 0.4) is 0 Å². The van der Waals surface area contributed by atoms with Crippen LogP contribution in [0.2, 0.25) is 0 Å². The summed E-state index contributed by atoms with van der Waals surface area (Å²) in [5.74, 6) is 0. The van der Waals surface area contributed by atoms with Gasteiger partial charge in [-0.1, -0.05) is 12.1 Å². The highest BCUT2D eigenvalue weighted by Crippen LogP contribution is 2.33. The van der Waals surface area contributed by atoms with E-state index in [2.05, 4.69) is 48.0 Å². The predicted octanol–water partition coefficient (Wildman–Crippen LogP) is 1.68. The Bertz CT molecular complexity index is 351. The quantitative estimate of drug-likeness (QED) is 0.839. The standard InChI is InChI=1S/C13H21N3/c1-11(7-8-14)16-10-9-15(2)12-5-3-4-6-13(12)16/h3-6,11H,7-10,14H2,1-2H3. The van der Waals surface area contributed by atoms with Gasteiger partial charge in [0.05, 0.1) is 11.4 Å². The van der Waals surface area contributed by atoms with E-state index in [9.17, 15) is 0 Å². The molecular formula is C13H21N3. The van der Waals surface area contributed by atoms with Gasteiger partial charge in [-0.15, -0.1) is 0 Å². The molecule has 0 saturated carbocycles. The zero-order valence-electron chi connectivity index (χ0n) is 10.2. The van der Waals surface area contributed by atoms with Gasteiger partial charge in [0.1, 0.15) is 0 Å². The molecule has 0 bridgehead atoms. The SMILES string of the molecule is CC(CCN)N1CCN(C)c2ccccc21. The van der Waals surface area contributed by atoms with Gasteiger partial charge in [0, 0.05) is 26.2 Å². The van der Waals surface area contributed by atoms with E-state index < -0.39 is 0 Å². The zero-order valence-corrected chi connectivity index (χ0v) is 10.2. The average molecular weight is 219 g/mol. The summed E-state index contributed by atoms with van der Waals surface area (Å²) in [4.78, 5) is 4.79. The minimum Gasteiger partial charge on any atom is -0.371 e. The van der Waals surface area contributed by atoms with Gasteiger partial charge in [-0.05, 0) is 32.0 Å². The number of para-hydroxylation sites is 2. The zero-order chi connectivity index (χ0) is 11.5. The number of hydrogen-bond donors (Lipinski definition) is 1. The lowest BCUT2D eigenvalue weighted by molar-refractivity contribution is 0.583. The van der Waals surface area contributed by atoms with Crippen LogP contribution in [0, 0.1) is 0 Å². The summed E-state index contributed by atoms with van der Waals surface area (Å²) in [5.41, 5.74) is 8.32. The van der Waals surface area contributed by atoms with Crippen LogP contribution in [-0.4, -0.2) is 32.7 Å². The van der Waals surface area contributed by atoms with Crippen molar-refractivity contribution < 1.29 is 0 Å². The van der Waals surface area contributed by atoms with E-state index in [1.807, 2.05) is 0 Å². The van der Waals surface area contributed by atoms with Crippen LogP contribution < -0.4 is 15.5 Å². The number of nitrogens with zero attached hydrogens (tertiary/aromatic N) is 2. The van der Waals surface area contributed by atoms with Crippen molar-refractivity contribution in [1.82, 2.24) is 0 Å². The van der Waals surface area contributed by atoms with E-state index >= 15 is 0 Å². The Hall–Kier alpha value is -1.22. The molecule has 1 atom stereocenters. The van der Waals surface area contributed by atoms with E-state index in [4.69, 9.17) is 5.73 Å². The average Bonchev–Trinajstić information content (AvgIpc) is 2.30. The Labute approximate surface area is 97.8 Å². The number of likely N-dealkylation sites (N-methyl/N-ethyl adjacent to an activating group) is 1. The van der Waals surface area contributed by atoms with E-state index in [-0.39, 0.29) is 0 Å². The number of fused-ring (bicyclic) bond motifs is 1. The van der Waals surface area contributed by atoms with E-state index in [1.165, 1.54) is 11.4 Å². The molecule has 1 aliphatic rings. The van der Waals surface area contributed by atoms with Crippen molar-refractivity contribution in [3.8, 4) is 0 Å². The fourth-order valence-corrected chi connectivity index (χ4v) is 2.38. The van der Waals surface area contributed by atoms with Gasteiger partial charge in [0.15, 0.2) is 0 Å². The van der Waals surface area contributed by atoms with Gasteiger partial charge in [0.2, 0.25) is 0 Å². The molecule has 2 rings (SSSR count). The molecule has 1 aliphatic heterocycles. The van der Waals surface area contributed by atoms with Crippen LogP contribution >= 0.6 is 0 Å². The van der Waals surface area contributed by atoms with Crippen molar-refractivity contribution in [2.75, 3.05) is 36.5 Å². The Balaban J connectivity index is 2.27. The fraction of sp³-hybridized carbons (Fsp3) is 0.538. The van der Waals surface area contributed by atoms with Gasteiger partial charge >= 0.3 is 0 Å². The summed E-state index contributed by atoms with van der Waals surface area (Å²) in [6.45, 7) is 5.20. The molecule has 1 unspecified atom stereocenters. The normalized spacial score (nSPS) is 17.2. The molecule has 1 aromatic rings. The first kappa shape index (κ1) is 11.3. The first-order valence-electron chi connectivity index (χ1n) is 6.01. The maximum atomic E-state index is 5.65. The van der Waals surface area contributed by atoms with Crippen molar-refractivity contribution in [3.63, 3.8) is 0 Å². The molecule has 3 heteroatoms. The minimum atomic E-state index is 0.528. The van der Waals surface area contributed by atoms with Crippen LogP contribution in [-0.2, 0) is 0 Å². The second kappa shape index (κ2) is 4.74. The number of anilines is 2. The van der Waals surface area contributed by atoms with Crippen LogP contribution in [0.25, 0.3) is 0 Å². The number of nitrogens with two attached hydrogens (primary N) is 1. The van der Waals surface area contributed by atoms with Crippen LogP contribution in [0.5, 0.6) is 0 Å². The van der Waals surface area contributed by atoms with Gasteiger partial charge < -0.3 is 15.5 Å². The number of rotatable bonds is 3. The summed E-state index contributed by atoms with van der Waals surface area (Å²) in [5, 5.41) is 0. The van der Waals surface area contributed by atoms with Gasteiger partial charge in [0.25, 0.3) is 0 Å². The molecular weight excluding hydrogens is 198 g/mol. The second-order valence-corrected chi connectivity index (χ2v) is 4.53. The highest BCUT2D eigenvalue weighted by Gasteiger charge is 2.22. The maximum absolute atomic E-state index is 5.65. The molecule has 1 heterocycles. The van der Waals surface area contributed by atoms with E-state index in [0.29, 0.717) is 6.04 Å². The maximum Gasteiger partial charge on any atom is 0.0607 e. The third-order valence-corrected chi connectivity index (χ3v) is 3.40. The monoisotopic (exact) mass is 219 g/mol. The first-order chi connectivity index (χ1) is 7.74. The smallest absolute Gasteiger partial charge is 0.0607 e. The van der Waals surface area contributed by atoms with Crippen LogP contribution in [0.15, 0.2) is 24.3 Å². The van der Waals surface area contributed by atoms with Crippen molar-refractivity contribution in [1.29, 1.82) is 0 Å². The predicted molar refractivity (Wildman–Crippen MR) is 70.2 cm³/mol. The Morgan fingerprint density at radius 2 is 1.94 bits per heavy atom. The molecule has 0 saturated heterocycles. The molecule has 0 amide bonds. The molecule has 16 heavy (non-hydrogen) atoms. The third kappa shape index (κ3) is 2.00. The van der Waals surface area contributed by atoms with Crippen LogP contribution in [0.4, 0.5) is 11.4 Å². The van der Waals surface area contributed by atoms with Crippen molar-refractivity contribution in [3.05, 3.63) is 24.3 Å². The summed E-state index contributed by atoms with van der Waals surface area (Å²) in [7, 11) is 2.16. The molecule has 88 valence electrons. The Morgan fingerprint density at radius 3 is 2.62 bits per heavy atom. The van der Waals surface area contributed by atoms with Gasteiger partial charge in [-0.2, -0.15) is 0 Å². The van der Waals surface area contributed by atoms with Crippen molar-refractivity contribution in [2.24, 2.45) is 5.73 Å². The molecule has 0 aromatic heterocycles. The van der Waals surface area contributed by atoms with Crippen molar-refractivity contribution >= 4 is 11.4 Å². The molecule has 0 aliphatic carbocycles. The second-order valence-electron chi connectivity index (χ2n) is 4.53. The lowest BCUT2D eigenvalue weighted by atomic mass is 10.1. The lowest BCUT2D eigenvalue weighted by Gasteiger charge is -2.40. The molecule has 0 radical (unpaired) electrons. The van der Waals surface area contributed by atoms with E-state index in [1.54, 1.807) is 0 Å².